The van der Waals surface area contributed by atoms with E-state index in [1.54, 1.807) is 0 Å². The van der Waals surface area contributed by atoms with Crippen LogP contribution in [0.15, 0.2) is 109 Å². The molecule has 3 aliphatic rings. The molecular weight excluding hydrogens is 567 g/mol. The molecule has 1 nitrogen and oxygen atoms in total. The highest BCUT2D eigenvalue weighted by molar-refractivity contribution is 5.91. The second-order valence-corrected chi connectivity index (χ2v) is 16.7. The second kappa shape index (κ2) is 10.2. The molecule has 0 bridgehead atoms. The normalized spacial score (nSPS) is 23.6. The van der Waals surface area contributed by atoms with Crippen molar-refractivity contribution >= 4 is 10.8 Å². The van der Waals surface area contributed by atoms with Gasteiger partial charge in [-0.2, -0.15) is 0 Å². The van der Waals surface area contributed by atoms with Crippen LogP contribution in [0.2, 0.25) is 0 Å². The molecule has 5 aromatic rings. The number of rotatable bonds is 2. The summed E-state index contributed by atoms with van der Waals surface area (Å²) in [6.07, 6.45) is 9.51. The molecule has 0 saturated heterocycles. The zero-order chi connectivity index (χ0) is 33.0. The van der Waals surface area contributed by atoms with Gasteiger partial charge in [0, 0.05) is 45.0 Å². The maximum Gasteiger partial charge on any atom is 0.0638 e. The van der Waals surface area contributed by atoms with Crippen LogP contribution in [0.25, 0.3) is 22.0 Å². The van der Waals surface area contributed by atoms with E-state index < -0.39 is 0 Å². The van der Waals surface area contributed by atoms with Gasteiger partial charge < -0.3 is 4.57 Å². The lowest BCUT2D eigenvalue weighted by atomic mass is 9.57. The van der Waals surface area contributed by atoms with Crippen molar-refractivity contribution in [2.24, 2.45) is 11.8 Å². The lowest BCUT2D eigenvalue weighted by Crippen LogP contribution is -2.37. The summed E-state index contributed by atoms with van der Waals surface area (Å²) in [5.74, 6) is 1.04. The number of aromatic nitrogens is 1. The summed E-state index contributed by atoms with van der Waals surface area (Å²) in [6.45, 7) is 21.8. The molecule has 3 unspecified atom stereocenters. The molecule has 8 rings (SSSR count). The van der Waals surface area contributed by atoms with Crippen LogP contribution in [-0.4, -0.2) is 4.57 Å². The highest BCUT2D eigenvalue weighted by Crippen LogP contribution is 2.60. The Morgan fingerprint density at radius 3 is 2.09 bits per heavy atom. The predicted octanol–water partition coefficient (Wildman–Crippen LogP) is 11.9. The van der Waals surface area contributed by atoms with Crippen LogP contribution < -0.4 is 0 Å². The van der Waals surface area contributed by atoms with Crippen LogP contribution in [0.5, 0.6) is 0 Å². The topological polar surface area (TPSA) is 4.93 Å². The van der Waals surface area contributed by atoms with Gasteiger partial charge >= 0.3 is 0 Å². The fourth-order valence-electron chi connectivity index (χ4n) is 9.89. The van der Waals surface area contributed by atoms with Gasteiger partial charge in [-0.1, -0.05) is 152 Å². The largest absolute Gasteiger partial charge is 0.336 e. The quantitative estimate of drug-likeness (QED) is 0.186. The van der Waals surface area contributed by atoms with Gasteiger partial charge in [0.25, 0.3) is 0 Å². The molecule has 47 heavy (non-hydrogen) atoms. The molecule has 0 saturated carbocycles. The first kappa shape index (κ1) is 30.2. The minimum Gasteiger partial charge on any atom is -0.336 e. The van der Waals surface area contributed by atoms with Gasteiger partial charge in [0.05, 0.1) is 6.04 Å². The SMILES string of the molecule is Cc1ccccc1C1C=CC=CC(C)[C@H]1C1c2ccc3c(c2-c2ccc(C(C)(C)C)n21)C(C)(C)c1ccc2ccccc2c1C3(C)C. The Morgan fingerprint density at radius 2 is 1.32 bits per heavy atom. The lowest BCUT2D eigenvalue weighted by Gasteiger charge is -2.45. The van der Waals surface area contributed by atoms with Gasteiger partial charge in [0.2, 0.25) is 0 Å². The maximum atomic E-state index is 2.78. The average Bonchev–Trinajstić information content (AvgIpc) is 3.54. The number of hydrogen-bond acceptors (Lipinski definition) is 0. The summed E-state index contributed by atoms with van der Waals surface area (Å²) < 4.78 is 2.78. The third kappa shape index (κ3) is 4.21. The molecule has 1 aromatic heterocycles. The van der Waals surface area contributed by atoms with Gasteiger partial charge in [0.1, 0.15) is 0 Å². The molecule has 0 N–H and O–H groups in total. The van der Waals surface area contributed by atoms with E-state index >= 15 is 0 Å². The fraction of sp³-hybridized carbons (Fsp3) is 0.348. The van der Waals surface area contributed by atoms with E-state index in [2.05, 4.69) is 176 Å². The van der Waals surface area contributed by atoms with Crippen molar-refractivity contribution in [3.05, 3.63) is 154 Å². The lowest BCUT2D eigenvalue weighted by molar-refractivity contribution is 0.283. The van der Waals surface area contributed by atoms with Crippen molar-refractivity contribution in [3.63, 3.8) is 0 Å². The number of fused-ring (bicyclic) bond motifs is 8. The summed E-state index contributed by atoms with van der Waals surface area (Å²) in [7, 11) is 0. The Balaban J connectivity index is 1.44. The van der Waals surface area contributed by atoms with Crippen molar-refractivity contribution < 1.29 is 0 Å². The van der Waals surface area contributed by atoms with Crippen molar-refractivity contribution in [2.75, 3.05) is 0 Å². The molecule has 2 aliphatic carbocycles. The number of nitrogens with zero attached hydrogens (tertiary/aromatic N) is 1. The monoisotopic (exact) mass is 615 g/mol. The highest BCUT2D eigenvalue weighted by Gasteiger charge is 2.49. The van der Waals surface area contributed by atoms with Crippen LogP contribution >= 0.6 is 0 Å². The van der Waals surface area contributed by atoms with E-state index in [-0.39, 0.29) is 22.3 Å². The number of aryl methyl sites for hydroxylation is 1. The van der Waals surface area contributed by atoms with E-state index in [1.807, 2.05) is 0 Å². The fourth-order valence-corrected chi connectivity index (χ4v) is 9.89. The second-order valence-electron chi connectivity index (χ2n) is 16.7. The van der Waals surface area contributed by atoms with E-state index in [0.717, 1.165) is 0 Å². The summed E-state index contributed by atoms with van der Waals surface area (Å²) in [4.78, 5) is 0. The average molecular weight is 616 g/mol. The van der Waals surface area contributed by atoms with Gasteiger partial charge in [-0.15, -0.1) is 0 Å². The van der Waals surface area contributed by atoms with Gasteiger partial charge in [0.15, 0.2) is 0 Å². The van der Waals surface area contributed by atoms with E-state index in [4.69, 9.17) is 0 Å². The van der Waals surface area contributed by atoms with Gasteiger partial charge in [-0.3, -0.25) is 0 Å². The molecule has 2 heterocycles. The Kier molecular flexibility index (Phi) is 6.56. The van der Waals surface area contributed by atoms with Crippen molar-refractivity contribution in [2.45, 2.75) is 90.5 Å². The Hall–Kier alpha value is -4.10. The van der Waals surface area contributed by atoms with E-state index in [1.165, 1.54) is 66.7 Å². The summed E-state index contributed by atoms with van der Waals surface area (Å²) in [5.41, 5.74) is 14.3. The molecule has 4 atom stereocenters. The Labute approximate surface area is 282 Å². The van der Waals surface area contributed by atoms with Crippen molar-refractivity contribution in [3.8, 4) is 11.3 Å². The van der Waals surface area contributed by atoms with E-state index in [9.17, 15) is 0 Å². The third-order valence-corrected chi connectivity index (χ3v) is 12.1. The number of benzene rings is 4. The molecule has 4 aromatic carbocycles. The molecule has 0 amide bonds. The third-order valence-electron chi connectivity index (χ3n) is 12.1. The smallest absolute Gasteiger partial charge is 0.0638 e. The minimum atomic E-state index is -0.161. The maximum absolute atomic E-state index is 2.78. The van der Waals surface area contributed by atoms with Crippen molar-refractivity contribution in [1.29, 1.82) is 0 Å². The first-order valence-electron chi connectivity index (χ1n) is 17.7. The number of hydrogen-bond donors (Lipinski definition) is 0. The molecule has 1 aliphatic heterocycles. The molecule has 0 radical (unpaired) electrons. The van der Waals surface area contributed by atoms with Crippen LogP contribution in [0.4, 0.5) is 0 Å². The zero-order valence-corrected chi connectivity index (χ0v) is 29.6. The van der Waals surface area contributed by atoms with Crippen LogP contribution in [-0.2, 0) is 16.2 Å². The Morgan fingerprint density at radius 1 is 0.660 bits per heavy atom. The highest BCUT2D eigenvalue weighted by atomic mass is 15.1. The van der Waals surface area contributed by atoms with Crippen molar-refractivity contribution in [1.82, 2.24) is 4.57 Å². The minimum absolute atomic E-state index is 0.0106. The van der Waals surface area contributed by atoms with Gasteiger partial charge in [-0.25, -0.2) is 0 Å². The zero-order valence-electron chi connectivity index (χ0n) is 29.6. The van der Waals surface area contributed by atoms with Gasteiger partial charge in [-0.05, 0) is 74.7 Å². The van der Waals surface area contributed by atoms with Crippen LogP contribution in [0.3, 0.4) is 0 Å². The van der Waals surface area contributed by atoms with Crippen LogP contribution in [0, 0.1) is 18.8 Å². The standard InChI is InChI=1S/C46H49N/c1-28-16-10-13-19-31(28)33-21-14-11-17-29(2)39(33)43-34-23-25-36-42(40(34)37-26-27-38(47(37)43)44(3,4)5)46(8,9)35-24-22-30-18-12-15-20-32(30)41(35)45(36,6)7/h10-27,29,33,39,43H,1-9H3/t29?,33?,39-,43?/m1/s1. The predicted molar refractivity (Wildman–Crippen MR) is 200 cm³/mol. The molecule has 238 valence electrons. The number of allylic oxidation sites excluding steroid dienone is 4. The molecular formula is C46H49N. The van der Waals surface area contributed by atoms with Crippen LogP contribution in [0.1, 0.15) is 112 Å². The first-order valence-corrected chi connectivity index (χ1v) is 17.7. The van der Waals surface area contributed by atoms with E-state index in [0.29, 0.717) is 17.8 Å². The summed E-state index contributed by atoms with van der Waals surface area (Å²) >= 11 is 0. The first-order chi connectivity index (χ1) is 22.3. The molecule has 1 heteroatoms. The molecule has 0 fully saturated rings. The summed E-state index contributed by atoms with van der Waals surface area (Å²) in [5, 5.41) is 2.71. The Bertz CT molecular complexity index is 2120. The molecule has 0 spiro atoms. The summed E-state index contributed by atoms with van der Waals surface area (Å²) in [6, 6.07) is 33.0.